The lowest BCUT2D eigenvalue weighted by molar-refractivity contribution is 0.0691. The van der Waals surface area contributed by atoms with Gasteiger partial charge in [0.25, 0.3) is 0 Å². The van der Waals surface area contributed by atoms with Crippen LogP contribution in [0, 0.1) is 0 Å². The highest BCUT2D eigenvalue weighted by molar-refractivity contribution is 5.90. The van der Waals surface area contributed by atoms with Crippen LogP contribution >= 0.6 is 0 Å². The average molecular weight is 210 g/mol. The molecular weight excluding hydrogens is 196 g/mol. The van der Waals surface area contributed by atoms with E-state index in [1.807, 2.05) is 18.7 Å². The molecule has 0 bridgehead atoms. The molecule has 6 nitrogen and oxygen atoms in total. The van der Waals surface area contributed by atoms with Crippen molar-refractivity contribution in [3.63, 3.8) is 0 Å². The van der Waals surface area contributed by atoms with E-state index in [-0.39, 0.29) is 11.5 Å². The number of aromatic carboxylic acids is 1. The topological polar surface area (TPSA) is 92.3 Å². The van der Waals surface area contributed by atoms with Crippen molar-refractivity contribution in [2.75, 3.05) is 23.7 Å². The number of nitrogens with zero attached hydrogens (tertiary/aromatic N) is 3. The van der Waals surface area contributed by atoms with Gasteiger partial charge in [-0.25, -0.2) is 14.8 Å². The molecule has 0 spiro atoms. The minimum absolute atomic E-state index is 0.0492. The van der Waals surface area contributed by atoms with Crippen LogP contribution in [0.3, 0.4) is 0 Å². The molecule has 0 aliphatic carbocycles. The molecule has 0 amide bonds. The van der Waals surface area contributed by atoms with Crippen molar-refractivity contribution in [1.82, 2.24) is 9.97 Å². The first-order valence-corrected chi connectivity index (χ1v) is 4.70. The van der Waals surface area contributed by atoms with Crippen LogP contribution in [0.5, 0.6) is 0 Å². The molecule has 3 N–H and O–H groups in total. The maximum Gasteiger partial charge on any atom is 0.358 e. The lowest BCUT2D eigenvalue weighted by Gasteiger charge is -2.19. The quantitative estimate of drug-likeness (QED) is 0.756. The summed E-state index contributed by atoms with van der Waals surface area (Å²) in [6, 6.07) is 0. The minimum atomic E-state index is -1.16. The van der Waals surface area contributed by atoms with E-state index < -0.39 is 5.97 Å². The van der Waals surface area contributed by atoms with Gasteiger partial charge in [0.1, 0.15) is 5.82 Å². The summed E-state index contributed by atoms with van der Waals surface area (Å²) in [7, 11) is 0. The summed E-state index contributed by atoms with van der Waals surface area (Å²) in [5.41, 5.74) is 5.29. The number of carboxylic acids is 1. The molecule has 0 aromatic carbocycles. The summed E-state index contributed by atoms with van der Waals surface area (Å²) in [6.45, 7) is 5.51. The molecule has 0 saturated carbocycles. The van der Waals surface area contributed by atoms with E-state index in [4.69, 9.17) is 10.8 Å². The number of carbonyl (C=O) groups is 1. The van der Waals surface area contributed by atoms with Crippen molar-refractivity contribution in [2.24, 2.45) is 0 Å². The molecule has 6 heteroatoms. The maximum absolute atomic E-state index is 10.6. The van der Waals surface area contributed by atoms with E-state index in [1.165, 1.54) is 6.20 Å². The molecule has 15 heavy (non-hydrogen) atoms. The molecule has 1 aromatic rings. The standard InChI is InChI=1S/C9H14N4O2/c1-3-13(4-2)6-5-11-7(9(14)15)8(10)12-6/h5H,3-4H2,1-2H3,(H2,10,12)(H,14,15). The van der Waals surface area contributed by atoms with Gasteiger partial charge in [0.05, 0.1) is 6.20 Å². The molecule has 0 radical (unpaired) electrons. The third-order valence-corrected chi connectivity index (χ3v) is 2.08. The zero-order valence-corrected chi connectivity index (χ0v) is 8.77. The van der Waals surface area contributed by atoms with E-state index in [2.05, 4.69) is 9.97 Å². The Kier molecular flexibility index (Phi) is 3.43. The zero-order chi connectivity index (χ0) is 11.4. The average Bonchev–Trinajstić information content (AvgIpc) is 2.19. The normalized spacial score (nSPS) is 10.0. The Labute approximate surface area is 87.8 Å². The summed E-state index contributed by atoms with van der Waals surface area (Å²) in [6.07, 6.45) is 1.42. The van der Waals surface area contributed by atoms with Crippen LogP contribution < -0.4 is 10.6 Å². The van der Waals surface area contributed by atoms with Gasteiger partial charge < -0.3 is 15.7 Å². The van der Waals surface area contributed by atoms with E-state index in [9.17, 15) is 4.79 Å². The highest BCUT2D eigenvalue weighted by atomic mass is 16.4. The molecule has 0 aliphatic rings. The SMILES string of the molecule is CCN(CC)c1cnc(C(=O)O)c(N)n1. The van der Waals surface area contributed by atoms with Gasteiger partial charge in [0.2, 0.25) is 0 Å². The molecule has 0 aliphatic heterocycles. The number of hydrogen-bond acceptors (Lipinski definition) is 5. The van der Waals surface area contributed by atoms with Crippen LogP contribution in [-0.2, 0) is 0 Å². The second-order valence-electron chi connectivity index (χ2n) is 2.94. The Bertz CT molecular complexity index is 363. The fourth-order valence-corrected chi connectivity index (χ4v) is 1.26. The first kappa shape index (κ1) is 11.2. The molecule has 82 valence electrons. The van der Waals surface area contributed by atoms with Crippen LogP contribution in [-0.4, -0.2) is 34.1 Å². The summed E-state index contributed by atoms with van der Waals surface area (Å²) in [5.74, 6) is -0.611. The number of hydrogen-bond donors (Lipinski definition) is 2. The maximum atomic E-state index is 10.6. The lowest BCUT2D eigenvalue weighted by atomic mass is 10.4. The number of rotatable bonds is 4. The highest BCUT2D eigenvalue weighted by Crippen LogP contribution is 2.13. The Hall–Kier alpha value is -1.85. The molecular formula is C9H14N4O2. The van der Waals surface area contributed by atoms with Crippen molar-refractivity contribution in [1.29, 1.82) is 0 Å². The fraction of sp³-hybridized carbons (Fsp3) is 0.444. The van der Waals surface area contributed by atoms with Gasteiger partial charge in [-0.2, -0.15) is 0 Å². The number of nitrogens with two attached hydrogens (primary N) is 1. The van der Waals surface area contributed by atoms with E-state index in [1.54, 1.807) is 0 Å². The number of nitrogen functional groups attached to an aromatic ring is 1. The number of aromatic nitrogens is 2. The van der Waals surface area contributed by atoms with Crippen molar-refractivity contribution < 1.29 is 9.90 Å². The van der Waals surface area contributed by atoms with Gasteiger partial charge >= 0.3 is 5.97 Å². The summed E-state index contributed by atoms with van der Waals surface area (Å²) in [5, 5.41) is 8.71. The van der Waals surface area contributed by atoms with Crippen LogP contribution in [0.1, 0.15) is 24.3 Å². The Morgan fingerprint density at radius 2 is 2.13 bits per heavy atom. The highest BCUT2D eigenvalue weighted by Gasteiger charge is 2.13. The Balaban J connectivity index is 3.05. The molecule has 0 unspecified atom stereocenters. The zero-order valence-electron chi connectivity index (χ0n) is 8.77. The summed E-state index contributed by atoms with van der Waals surface area (Å²) in [4.78, 5) is 20.3. The van der Waals surface area contributed by atoms with Crippen LogP contribution in [0.2, 0.25) is 0 Å². The second-order valence-corrected chi connectivity index (χ2v) is 2.94. The van der Waals surface area contributed by atoms with Gasteiger partial charge in [-0.05, 0) is 13.8 Å². The molecule has 0 saturated heterocycles. The molecule has 0 fully saturated rings. The Morgan fingerprint density at radius 3 is 2.53 bits per heavy atom. The molecule has 0 atom stereocenters. The predicted octanol–water partition coefficient (Wildman–Crippen LogP) is 0.603. The van der Waals surface area contributed by atoms with Gasteiger partial charge in [-0.3, -0.25) is 0 Å². The van der Waals surface area contributed by atoms with Crippen LogP contribution in [0.25, 0.3) is 0 Å². The monoisotopic (exact) mass is 210 g/mol. The molecule has 1 aromatic heterocycles. The van der Waals surface area contributed by atoms with E-state index >= 15 is 0 Å². The third kappa shape index (κ3) is 2.34. The summed E-state index contributed by atoms with van der Waals surface area (Å²) >= 11 is 0. The van der Waals surface area contributed by atoms with Gasteiger partial charge in [0.15, 0.2) is 11.5 Å². The van der Waals surface area contributed by atoms with E-state index in [0.717, 1.165) is 13.1 Å². The minimum Gasteiger partial charge on any atom is -0.476 e. The predicted molar refractivity (Wildman–Crippen MR) is 57.0 cm³/mol. The smallest absolute Gasteiger partial charge is 0.358 e. The van der Waals surface area contributed by atoms with Gasteiger partial charge in [-0.15, -0.1) is 0 Å². The van der Waals surface area contributed by atoms with Crippen molar-refractivity contribution in [3.8, 4) is 0 Å². The number of anilines is 2. The van der Waals surface area contributed by atoms with Crippen molar-refractivity contribution in [2.45, 2.75) is 13.8 Å². The number of carboxylic acid groups (broad SMARTS) is 1. The first-order valence-electron chi connectivity index (χ1n) is 4.70. The second kappa shape index (κ2) is 4.59. The largest absolute Gasteiger partial charge is 0.476 e. The first-order chi connectivity index (χ1) is 7.10. The van der Waals surface area contributed by atoms with Gasteiger partial charge in [0, 0.05) is 13.1 Å². The lowest BCUT2D eigenvalue weighted by Crippen LogP contribution is -2.24. The molecule has 1 rings (SSSR count). The van der Waals surface area contributed by atoms with E-state index in [0.29, 0.717) is 5.82 Å². The molecule has 1 heterocycles. The summed E-state index contributed by atoms with van der Waals surface area (Å²) < 4.78 is 0. The van der Waals surface area contributed by atoms with Gasteiger partial charge in [-0.1, -0.05) is 0 Å². The Morgan fingerprint density at radius 1 is 1.53 bits per heavy atom. The van der Waals surface area contributed by atoms with Crippen molar-refractivity contribution in [3.05, 3.63) is 11.9 Å². The fourth-order valence-electron chi connectivity index (χ4n) is 1.26. The van der Waals surface area contributed by atoms with Crippen LogP contribution in [0.15, 0.2) is 6.20 Å². The van der Waals surface area contributed by atoms with Crippen LogP contribution in [0.4, 0.5) is 11.6 Å². The third-order valence-electron chi connectivity index (χ3n) is 2.08. The van der Waals surface area contributed by atoms with Crippen molar-refractivity contribution >= 4 is 17.6 Å².